The Hall–Kier alpha value is -2.20. The number of fused-ring (bicyclic) bond motifs is 1. The van der Waals surface area contributed by atoms with E-state index in [-0.39, 0.29) is 0 Å². The van der Waals surface area contributed by atoms with E-state index in [0.29, 0.717) is 12.8 Å². The van der Waals surface area contributed by atoms with Gasteiger partial charge in [0.15, 0.2) is 0 Å². The monoisotopic (exact) mass is 448 g/mol. The largest absolute Gasteiger partial charge is 0.388 e. The zero-order valence-electron chi connectivity index (χ0n) is 20.8. The molecule has 0 spiro atoms. The Bertz CT molecular complexity index is 1010. The van der Waals surface area contributed by atoms with E-state index in [1.54, 1.807) is 0 Å². The first-order chi connectivity index (χ1) is 15.6. The lowest BCUT2D eigenvalue weighted by Gasteiger charge is -2.26. The number of benzene rings is 2. The fourth-order valence-electron chi connectivity index (χ4n) is 4.68. The van der Waals surface area contributed by atoms with Gasteiger partial charge in [0.05, 0.1) is 17.8 Å². The van der Waals surface area contributed by atoms with Crippen LogP contribution in [0.15, 0.2) is 60.7 Å². The summed E-state index contributed by atoms with van der Waals surface area (Å²) >= 11 is 0. The predicted molar refractivity (Wildman–Crippen MR) is 137 cm³/mol. The molecule has 2 unspecified atom stereocenters. The van der Waals surface area contributed by atoms with E-state index in [0.717, 1.165) is 30.4 Å². The van der Waals surface area contributed by atoms with Gasteiger partial charge in [0.25, 0.3) is 0 Å². The minimum atomic E-state index is -0.730. The highest BCUT2D eigenvalue weighted by molar-refractivity contribution is 5.67. The van der Waals surface area contributed by atoms with Crippen molar-refractivity contribution in [3.63, 3.8) is 0 Å². The van der Waals surface area contributed by atoms with Crippen molar-refractivity contribution in [1.29, 1.82) is 0 Å². The molecule has 178 valence electrons. The molecule has 0 saturated carbocycles. The summed E-state index contributed by atoms with van der Waals surface area (Å²) in [5, 5.41) is 31.7. The molecule has 0 aromatic heterocycles. The average molecular weight is 449 g/mol. The molecular weight excluding hydrogens is 408 g/mol. The molecule has 0 radical (unpaired) electrons. The molecule has 1 aliphatic carbocycles. The Balaban J connectivity index is 1.73. The standard InChI is InChI=1S/C30H40O3/c1-6-23(13-10-18-30(33,7-2)8-3)24-12-9-11-21(19-24)14-15-22-16-17-25-26(20-22)28(32)29(4,5)27(25)31/h9-13,16-20,27-28,31-33H,6-8,14-15H2,1-5H3/b18-10+,23-13+. The van der Waals surface area contributed by atoms with Gasteiger partial charge < -0.3 is 15.3 Å². The first kappa shape index (κ1) is 25.4. The summed E-state index contributed by atoms with van der Waals surface area (Å²) < 4.78 is 0. The van der Waals surface area contributed by atoms with E-state index in [9.17, 15) is 15.3 Å². The maximum atomic E-state index is 10.7. The van der Waals surface area contributed by atoms with Crippen LogP contribution in [0.4, 0.5) is 0 Å². The molecule has 33 heavy (non-hydrogen) atoms. The molecule has 0 aliphatic heterocycles. The smallest absolute Gasteiger partial charge is 0.0872 e. The van der Waals surface area contributed by atoms with Crippen LogP contribution in [0.25, 0.3) is 5.57 Å². The van der Waals surface area contributed by atoms with Gasteiger partial charge in [-0.15, -0.1) is 0 Å². The van der Waals surface area contributed by atoms with Crippen LogP contribution < -0.4 is 0 Å². The molecule has 3 rings (SSSR count). The lowest BCUT2D eigenvalue weighted by molar-refractivity contribution is -0.0276. The summed E-state index contributed by atoms with van der Waals surface area (Å²) in [4.78, 5) is 0. The third-order valence-electron chi connectivity index (χ3n) is 7.46. The van der Waals surface area contributed by atoms with Gasteiger partial charge in [-0.3, -0.25) is 0 Å². The van der Waals surface area contributed by atoms with Gasteiger partial charge in [0, 0.05) is 5.41 Å². The van der Waals surface area contributed by atoms with Crippen molar-refractivity contribution in [2.75, 3.05) is 0 Å². The van der Waals surface area contributed by atoms with Crippen LogP contribution in [0.5, 0.6) is 0 Å². The maximum Gasteiger partial charge on any atom is 0.0872 e. The van der Waals surface area contributed by atoms with E-state index >= 15 is 0 Å². The van der Waals surface area contributed by atoms with E-state index in [1.807, 2.05) is 45.9 Å². The van der Waals surface area contributed by atoms with Crippen LogP contribution in [-0.2, 0) is 12.8 Å². The Labute approximate surface area is 199 Å². The first-order valence-corrected chi connectivity index (χ1v) is 12.3. The minimum Gasteiger partial charge on any atom is -0.388 e. The number of allylic oxidation sites excluding steroid dienone is 3. The van der Waals surface area contributed by atoms with Crippen molar-refractivity contribution in [3.05, 3.63) is 88.5 Å². The zero-order valence-corrected chi connectivity index (χ0v) is 20.8. The third-order valence-corrected chi connectivity index (χ3v) is 7.46. The highest BCUT2D eigenvalue weighted by Crippen LogP contribution is 2.52. The molecule has 0 bridgehead atoms. The van der Waals surface area contributed by atoms with Crippen molar-refractivity contribution in [3.8, 4) is 0 Å². The Morgan fingerprint density at radius 1 is 0.909 bits per heavy atom. The van der Waals surface area contributed by atoms with E-state index < -0.39 is 23.2 Å². The maximum absolute atomic E-state index is 10.7. The summed E-state index contributed by atoms with van der Waals surface area (Å²) in [6.07, 6.45) is 8.87. The van der Waals surface area contributed by atoms with E-state index in [4.69, 9.17) is 0 Å². The molecule has 3 heteroatoms. The van der Waals surface area contributed by atoms with Gasteiger partial charge >= 0.3 is 0 Å². The molecule has 2 atom stereocenters. The van der Waals surface area contributed by atoms with Crippen molar-refractivity contribution in [2.24, 2.45) is 5.41 Å². The summed E-state index contributed by atoms with van der Waals surface area (Å²) in [6.45, 7) is 9.99. The second-order valence-electron chi connectivity index (χ2n) is 10.0. The van der Waals surface area contributed by atoms with Crippen molar-refractivity contribution in [2.45, 2.75) is 84.5 Å². The van der Waals surface area contributed by atoms with Crippen molar-refractivity contribution in [1.82, 2.24) is 0 Å². The van der Waals surface area contributed by atoms with Crippen LogP contribution in [0.2, 0.25) is 0 Å². The quantitative estimate of drug-likeness (QED) is 0.385. The van der Waals surface area contributed by atoms with Crippen LogP contribution in [0.3, 0.4) is 0 Å². The molecule has 2 aromatic carbocycles. The zero-order chi connectivity index (χ0) is 24.2. The van der Waals surface area contributed by atoms with Crippen LogP contribution in [0.1, 0.15) is 93.9 Å². The topological polar surface area (TPSA) is 60.7 Å². The predicted octanol–water partition coefficient (Wildman–Crippen LogP) is 6.48. The lowest BCUT2D eigenvalue weighted by atomic mass is 9.85. The molecule has 0 amide bonds. The number of aliphatic hydroxyl groups is 3. The highest BCUT2D eigenvalue weighted by Gasteiger charge is 2.45. The van der Waals surface area contributed by atoms with Gasteiger partial charge in [-0.1, -0.05) is 95.3 Å². The molecule has 3 nitrogen and oxygen atoms in total. The summed E-state index contributed by atoms with van der Waals surface area (Å²) in [5.74, 6) is 0. The Morgan fingerprint density at radius 2 is 1.55 bits per heavy atom. The second kappa shape index (κ2) is 10.4. The fraction of sp³-hybridized carbons (Fsp3) is 0.467. The summed E-state index contributed by atoms with van der Waals surface area (Å²) in [5.41, 5.74) is 5.34. The van der Waals surface area contributed by atoms with E-state index in [2.05, 4.69) is 49.4 Å². The first-order valence-electron chi connectivity index (χ1n) is 12.3. The van der Waals surface area contributed by atoms with Gasteiger partial charge in [0.2, 0.25) is 0 Å². The van der Waals surface area contributed by atoms with Gasteiger partial charge in [0.1, 0.15) is 0 Å². The second-order valence-corrected chi connectivity index (χ2v) is 10.0. The van der Waals surface area contributed by atoms with E-state index in [1.165, 1.54) is 22.3 Å². The Morgan fingerprint density at radius 3 is 2.18 bits per heavy atom. The molecule has 1 aliphatic rings. The van der Waals surface area contributed by atoms with Gasteiger partial charge in [-0.25, -0.2) is 0 Å². The molecular formula is C30H40O3. The van der Waals surface area contributed by atoms with Crippen molar-refractivity contribution < 1.29 is 15.3 Å². The van der Waals surface area contributed by atoms with Crippen molar-refractivity contribution >= 4 is 5.57 Å². The SMILES string of the molecule is CC/C(=C\C=C\C(O)(CC)CC)c1cccc(CCc2ccc3c(c2)C(O)C(C)(C)C3O)c1. The molecule has 2 aromatic rings. The lowest BCUT2D eigenvalue weighted by Crippen LogP contribution is -2.22. The molecule has 0 saturated heterocycles. The Kier molecular flexibility index (Phi) is 8.00. The fourth-order valence-corrected chi connectivity index (χ4v) is 4.68. The van der Waals surface area contributed by atoms with Crippen LogP contribution in [0, 0.1) is 5.41 Å². The number of aryl methyl sites for hydroxylation is 2. The molecule has 0 fully saturated rings. The van der Waals surface area contributed by atoms with Gasteiger partial charge in [-0.05, 0) is 65.5 Å². The molecule has 3 N–H and O–H groups in total. The number of hydrogen-bond acceptors (Lipinski definition) is 3. The summed E-state index contributed by atoms with van der Waals surface area (Å²) in [7, 11) is 0. The van der Waals surface area contributed by atoms with Crippen LogP contribution >= 0.6 is 0 Å². The molecule has 0 heterocycles. The highest BCUT2D eigenvalue weighted by atomic mass is 16.3. The number of hydrogen-bond donors (Lipinski definition) is 3. The minimum absolute atomic E-state index is 0.559. The van der Waals surface area contributed by atoms with Gasteiger partial charge in [-0.2, -0.15) is 0 Å². The summed E-state index contributed by atoms with van der Waals surface area (Å²) in [6, 6.07) is 14.8. The third kappa shape index (κ3) is 5.48. The number of aliphatic hydroxyl groups excluding tert-OH is 2. The number of rotatable bonds is 9. The normalized spacial score (nSPS) is 20.4. The average Bonchev–Trinajstić information content (AvgIpc) is 3.00. The van der Waals surface area contributed by atoms with Crippen LogP contribution in [-0.4, -0.2) is 20.9 Å².